The van der Waals surface area contributed by atoms with E-state index in [-0.39, 0.29) is 11.8 Å². The molecule has 2 amide bonds. The Bertz CT molecular complexity index is 710. The van der Waals surface area contributed by atoms with E-state index in [1.165, 1.54) is 0 Å². The van der Waals surface area contributed by atoms with Crippen molar-refractivity contribution >= 4 is 23.2 Å². The third-order valence-corrected chi connectivity index (χ3v) is 3.88. The van der Waals surface area contributed by atoms with E-state index in [2.05, 4.69) is 5.32 Å². The van der Waals surface area contributed by atoms with Crippen molar-refractivity contribution in [3.05, 3.63) is 59.7 Å². The second kappa shape index (κ2) is 6.02. The van der Waals surface area contributed by atoms with Crippen molar-refractivity contribution in [3.63, 3.8) is 0 Å². The first kappa shape index (κ1) is 14.3. The number of anilines is 2. The molecule has 2 aromatic rings. The van der Waals surface area contributed by atoms with Crippen LogP contribution in [0.15, 0.2) is 48.5 Å². The van der Waals surface area contributed by atoms with E-state index in [9.17, 15) is 9.59 Å². The Labute approximate surface area is 129 Å². The molecule has 4 heteroatoms. The Morgan fingerprint density at radius 1 is 1.14 bits per heavy atom. The van der Waals surface area contributed by atoms with Crippen LogP contribution in [0.5, 0.6) is 0 Å². The van der Waals surface area contributed by atoms with Crippen molar-refractivity contribution in [3.8, 4) is 0 Å². The molecule has 22 heavy (non-hydrogen) atoms. The second-order valence-electron chi connectivity index (χ2n) is 5.31. The van der Waals surface area contributed by atoms with Gasteiger partial charge in [0.15, 0.2) is 0 Å². The Kier molecular flexibility index (Phi) is 3.92. The van der Waals surface area contributed by atoms with Crippen LogP contribution in [0, 0.1) is 0 Å². The minimum Gasteiger partial charge on any atom is -0.326 e. The van der Waals surface area contributed by atoms with Gasteiger partial charge in [-0.05, 0) is 49.2 Å². The Hall–Kier alpha value is -2.62. The summed E-state index contributed by atoms with van der Waals surface area (Å²) in [4.78, 5) is 25.9. The molecule has 0 saturated carbocycles. The number of benzene rings is 2. The molecule has 0 aromatic heterocycles. The second-order valence-corrected chi connectivity index (χ2v) is 5.31. The minimum absolute atomic E-state index is 0.0200. The minimum atomic E-state index is -0.0200. The third kappa shape index (κ3) is 2.72. The molecule has 0 bridgehead atoms. The van der Waals surface area contributed by atoms with E-state index in [4.69, 9.17) is 0 Å². The van der Waals surface area contributed by atoms with Gasteiger partial charge in [-0.25, -0.2) is 0 Å². The molecule has 0 radical (unpaired) electrons. The fourth-order valence-electron chi connectivity index (χ4n) is 2.72. The highest BCUT2D eigenvalue weighted by molar-refractivity contribution is 6.07. The smallest absolute Gasteiger partial charge is 0.258 e. The molecule has 0 fully saturated rings. The summed E-state index contributed by atoms with van der Waals surface area (Å²) in [6.45, 7) is 2.57. The zero-order valence-corrected chi connectivity index (χ0v) is 12.5. The van der Waals surface area contributed by atoms with Crippen molar-refractivity contribution < 1.29 is 9.59 Å². The van der Waals surface area contributed by atoms with Crippen LogP contribution >= 0.6 is 0 Å². The number of hydrogen-bond acceptors (Lipinski definition) is 2. The molecule has 112 valence electrons. The summed E-state index contributed by atoms with van der Waals surface area (Å²) in [5, 5.41) is 2.84. The van der Waals surface area contributed by atoms with Gasteiger partial charge in [0, 0.05) is 29.9 Å². The highest BCUT2D eigenvalue weighted by atomic mass is 16.2. The van der Waals surface area contributed by atoms with Crippen LogP contribution in [-0.2, 0) is 11.2 Å². The molecule has 1 N–H and O–H groups in total. The average molecular weight is 294 g/mol. The number of amides is 2. The number of fused-ring (bicyclic) bond motifs is 1. The van der Waals surface area contributed by atoms with Crippen LogP contribution in [-0.4, -0.2) is 18.4 Å². The lowest BCUT2D eigenvalue weighted by Crippen LogP contribution is -2.31. The molecule has 0 aliphatic carbocycles. The Morgan fingerprint density at radius 3 is 2.64 bits per heavy atom. The molecule has 2 aromatic carbocycles. The van der Waals surface area contributed by atoms with Crippen LogP contribution in [0.25, 0.3) is 0 Å². The topological polar surface area (TPSA) is 49.4 Å². The number of aryl methyl sites for hydroxylation is 1. The predicted molar refractivity (Wildman–Crippen MR) is 87.2 cm³/mol. The largest absolute Gasteiger partial charge is 0.326 e. The van der Waals surface area contributed by atoms with E-state index in [0.717, 1.165) is 16.9 Å². The summed E-state index contributed by atoms with van der Waals surface area (Å²) in [7, 11) is 0. The van der Waals surface area contributed by atoms with Gasteiger partial charge in [0.05, 0.1) is 0 Å². The number of rotatable bonds is 3. The van der Waals surface area contributed by atoms with Crippen molar-refractivity contribution in [2.45, 2.75) is 19.8 Å². The monoisotopic (exact) mass is 294 g/mol. The maximum absolute atomic E-state index is 12.8. The lowest BCUT2D eigenvalue weighted by molar-refractivity contribution is -0.116. The first-order chi connectivity index (χ1) is 10.7. The fraction of sp³-hybridized carbons (Fsp3) is 0.222. The summed E-state index contributed by atoms with van der Waals surface area (Å²) in [5.74, 6) is 0.0134. The SMILES string of the molecule is CCN(C(=O)c1ccc2c(c1)CCC(=O)N2)c1ccccc1. The van der Waals surface area contributed by atoms with Crippen LogP contribution in [0.3, 0.4) is 0 Å². The highest BCUT2D eigenvalue weighted by Crippen LogP contribution is 2.25. The fourth-order valence-corrected chi connectivity index (χ4v) is 2.72. The van der Waals surface area contributed by atoms with Crippen LogP contribution < -0.4 is 10.2 Å². The summed E-state index contributed by atoms with van der Waals surface area (Å²) in [6.07, 6.45) is 1.15. The summed E-state index contributed by atoms with van der Waals surface area (Å²) >= 11 is 0. The zero-order chi connectivity index (χ0) is 15.5. The number of para-hydroxylation sites is 1. The number of nitrogens with zero attached hydrogens (tertiary/aromatic N) is 1. The van der Waals surface area contributed by atoms with Crippen LogP contribution in [0.2, 0.25) is 0 Å². The summed E-state index contributed by atoms with van der Waals surface area (Å²) in [5.41, 5.74) is 3.38. The highest BCUT2D eigenvalue weighted by Gasteiger charge is 2.20. The molecular weight excluding hydrogens is 276 g/mol. The molecular formula is C18H18N2O2. The number of carbonyl (C=O) groups excluding carboxylic acids is 2. The van der Waals surface area contributed by atoms with E-state index < -0.39 is 0 Å². The molecule has 1 aliphatic heterocycles. The van der Waals surface area contributed by atoms with E-state index in [1.54, 1.807) is 11.0 Å². The van der Waals surface area contributed by atoms with Gasteiger partial charge < -0.3 is 10.2 Å². The molecule has 1 aliphatic rings. The predicted octanol–water partition coefficient (Wildman–Crippen LogP) is 3.24. The average Bonchev–Trinajstić information content (AvgIpc) is 2.56. The first-order valence-electron chi connectivity index (χ1n) is 7.48. The van der Waals surface area contributed by atoms with Crippen molar-refractivity contribution in [1.29, 1.82) is 0 Å². The van der Waals surface area contributed by atoms with Gasteiger partial charge in [-0.15, -0.1) is 0 Å². The lowest BCUT2D eigenvalue weighted by atomic mass is 10.00. The quantitative estimate of drug-likeness (QED) is 0.944. The number of carbonyl (C=O) groups is 2. The van der Waals surface area contributed by atoms with Crippen LogP contribution in [0.4, 0.5) is 11.4 Å². The van der Waals surface area contributed by atoms with E-state index >= 15 is 0 Å². The summed E-state index contributed by atoms with van der Waals surface area (Å²) < 4.78 is 0. The van der Waals surface area contributed by atoms with Crippen molar-refractivity contribution in [2.75, 3.05) is 16.8 Å². The number of hydrogen-bond donors (Lipinski definition) is 1. The van der Waals surface area contributed by atoms with Crippen molar-refractivity contribution in [1.82, 2.24) is 0 Å². The van der Waals surface area contributed by atoms with Gasteiger partial charge in [0.2, 0.25) is 5.91 Å². The zero-order valence-electron chi connectivity index (χ0n) is 12.5. The molecule has 3 rings (SSSR count). The third-order valence-electron chi connectivity index (χ3n) is 3.88. The van der Waals surface area contributed by atoms with Gasteiger partial charge in [0.1, 0.15) is 0 Å². The van der Waals surface area contributed by atoms with Gasteiger partial charge in [-0.2, -0.15) is 0 Å². The molecule has 0 saturated heterocycles. The first-order valence-corrected chi connectivity index (χ1v) is 7.48. The Morgan fingerprint density at radius 2 is 1.91 bits per heavy atom. The summed E-state index contributed by atoms with van der Waals surface area (Å²) in [6, 6.07) is 15.1. The Balaban J connectivity index is 1.90. The molecule has 0 spiro atoms. The maximum atomic E-state index is 12.8. The van der Waals surface area contributed by atoms with Gasteiger partial charge in [-0.1, -0.05) is 18.2 Å². The standard InChI is InChI=1S/C18H18N2O2/c1-2-20(15-6-4-3-5-7-15)18(22)14-8-10-16-13(12-14)9-11-17(21)19-16/h3-8,10,12H,2,9,11H2,1H3,(H,19,21). The van der Waals surface area contributed by atoms with Gasteiger partial charge in [-0.3, -0.25) is 9.59 Å². The van der Waals surface area contributed by atoms with Crippen LogP contribution in [0.1, 0.15) is 29.3 Å². The molecule has 4 nitrogen and oxygen atoms in total. The molecule has 0 unspecified atom stereocenters. The molecule has 1 heterocycles. The van der Waals surface area contributed by atoms with E-state index in [0.29, 0.717) is 24.9 Å². The molecule has 0 atom stereocenters. The van der Waals surface area contributed by atoms with Gasteiger partial charge in [0.25, 0.3) is 5.91 Å². The van der Waals surface area contributed by atoms with Crippen molar-refractivity contribution in [2.24, 2.45) is 0 Å². The van der Waals surface area contributed by atoms with E-state index in [1.807, 2.05) is 49.4 Å². The lowest BCUT2D eigenvalue weighted by Gasteiger charge is -2.23. The number of nitrogens with one attached hydrogen (secondary N) is 1. The normalized spacial score (nSPS) is 13.2. The maximum Gasteiger partial charge on any atom is 0.258 e. The van der Waals surface area contributed by atoms with Gasteiger partial charge >= 0.3 is 0 Å².